The van der Waals surface area contributed by atoms with Crippen LogP contribution in [0.2, 0.25) is 0 Å². The van der Waals surface area contributed by atoms with E-state index in [4.69, 9.17) is 4.74 Å². The first-order chi connectivity index (χ1) is 11.6. The van der Waals surface area contributed by atoms with Crippen molar-refractivity contribution in [1.82, 2.24) is 10.3 Å². The van der Waals surface area contributed by atoms with Gasteiger partial charge in [-0.25, -0.2) is 0 Å². The zero-order valence-corrected chi connectivity index (χ0v) is 13.4. The highest BCUT2D eigenvalue weighted by Gasteiger charge is 2.23. The zero-order valence-electron chi connectivity index (χ0n) is 13.4. The molecule has 3 rings (SSSR count). The van der Waals surface area contributed by atoms with Gasteiger partial charge in [-0.2, -0.15) is 0 Å². The SMILES string of the molecule is COc1ccnc(C(=O)Nc2ccc(CC(=O)NC3CC3)cc2)c1. The van der Waals surface area contributed by atoms with Gasteiger partial charge in [0.15, 0.2) is 0 Å². The van der Waals surface area contributed by atoms with Crippen LogP contribution < -0.4 is 15.4 Å². The molecule has 1 aliphatic rings. The number of hydrogen-bond acceptors (Lipinski definition) is 4. The number of hydrogen-bond donors (Lipinski definition) is 2. The van der Waals surface area contributed by atoms with Gasteiger partial charge in [-0.1, -0.05) is 12.1 Å². The summed E-state index contributed by atoms with van der Waals surface area (Å²) in [7, 11) is 1.54. The Kier molecular flexibility index (Phi) is 4.74. The van der Waals surface area contributed by atoms with Crippen LogP contribution in [0.4, 0.5) is 5.69 Å². The molecule has 2 aromatic rings. The molecule has 6 heteroatoms. The van der Waals surface area contributed by atoms with Crippen molar-refractivity contribution < 1.29 is 14.3 Å². The molecule has 0 atom stereocenters. The molecule has 0 saturated heterocycles. The van der Waals surface area contributed by atoms with Crippen LogP contribution in [0, 0.1) is 0 Å². The molecule has 1 aliphatic carbocycles. The molecule has 2 amide bonds. The van der Waals surface area contributed by atoms with E-state index in [0.29, 0.717) is 23.9 Å². The second-order valence-electron chi connectivity index (χ2n) is 5.75. The number of benzene rings is 1. The number of amides is 2. The van der Waals surface area contributed by atoms with Gasteiger partial charge >= 0.3 is 0 Å². The van der Waals surface area contributed by atoms with Crippen LogP contribution in [-0.2, 0) is 11.2 Å². The van der Waals surface area contributed by atoms with Crippen LogP contribution in [0.15, 0.2) is 42.6 Å². The van der Waals surface area contributed by atoms with Crippen molar-refractivity contribution >= 4 is 17.5 Å². The van der Waals surface area contributed by atoms with Crippen LogP contribution in [0.25, 0.3) is 0 Å². The maximum atomic E-state index is 12.2. The van der Waals surface area contributed by atoms with Gasteiger partial charge in [-0.05, 0) is 36.6 Å². The van der Waals surface area contributed by atoms with Gasteiger partial charge in [0.25, 0.3) is 5.91 Å². The van der Waals surface area contributed by atoms with Gasteiger partial charge in [0.05, 0.1) is 13.5 Å². The number of methoxy groups -OCH3 is 1. The summed E-state index contributed by atoms with van der Waals surface area (Å²) in [6.07, 6.45) is 4.03. The first-order valence-corrected chi connectivity index (χ1v) is 7.84. The lowest BCUT2D eigenvalue weighted by Crippen LogP contribution is -2.26. The second-order valence-corrected chi connectivity index (χ2v) is 5.75. The molecule has 0 bridgehead atoms. The van der Waals surface area contributed by atoms with Gasteiger partial charge in [-0.3, -0.25) is 14.6 Å². The van der Waals surface area contributed by atoms with E-state index in [-0.39, 0.29) is 17.5 Å². The first-order valence-electron chi connectivity index (χ1n) is 7.84. The predicted molar refractivity (Wildman–Crippen MR) is 90.1 cm³/mol. The number of nitrogens with zero attached hydrogens (tertiary/aromatic N) is 1. The number of carbonyl (C=O) groups excluding carboxylic acids is 2. The van der Waals surface area contributed by atoms with Crippen molar-refractivity contribution in [2.24, 2.45) is 0 Å². The summed E-state index contributed by atoms with van der Waals surface area (Å²) in [5.41, 5.74) is 1.84. The zero-order chi connectivity index (χ0) is 16.9. The molecule has 1 fully saturated rings. The molecule has 0 unspecified atom stereocenters. The summed E-state index contributed by atoms with van der Waals surface area (Å²) in [6, 6.07) is 10.8. The third-order valence-electron chi connectivity index (χ3n) is 3.72. The smallest absolute Gasteiger partial charge is 0.274 e. The minimum Gasteiger partial charge on any atom is -0.497 e. The Morgan fingerprint density at radius 1 is 1.21 bits per heavy atom. The molecule has 2 N–H and O–H groups in total. The third-order valence-corrected chi connectivity index (χ3v) is 3.72. The summed E-state index contributed by atoms with van der Waals surface area (Å²) >= 11 is 0. The lowest BCUT2D eigenvalue weighted by molar-refractivity contribution is -0.120. The number of rotatable bonds is 6. The Labute approximate surface area is 140 Å². The summed E-state index contributed by atoms with van der Waals surface area (Å²) in [4.78, 5) is 28.0. The maximum Gasteiger partial charge on any atom is 0.274 e. The van der Waals surface area contributed by atoms with Gasteiger partial charge in [0, 0.05) is 24.0 Å². The predicted octanol–water partition coefficient (Wildman–Crippen LogP) is 2.16. The van der Waals surface area contributed by atoms with Gasteiger partial charge in [0.1, 0.15) is 11.4 Å². The quantitative estimate of drug-likeness (QED) is 0.853. The molecule has 1 saturated carbocycles. The van der Waals surface area contributed by atoms with Crippen molar-refractivity contribution in [3.63, 3.8) is 0 Å². The third kappa shape index (κ3) is 4.32. The summed E-state index contributed by atoms with van der Waals surface area (Å²) in [5.74, 6) is 0.301. The molecule has 6 nitrogen and oxygen atoms in total. The fourth-order valence-electron chi connectivity index (χ4n) is 2.26. The van der Waals surface area contributed by atoms with Crippen LogP contribution in [0.3, 0.4) is 0 Å². The summed E-state index contributed by atoms with van der Waals surface area (Å²) < 4.78 is 5.08. The Balaban J connectivity index is 1.58. The van der Waals surface area contributed by atoms with Crippen molar-refractivity contribution in [2.75, 3.05) is 12.4 Å². The number of aromatic nitrogens is 1. The lowest BCUT2D eigenvalue weighted by atomic mass is 10.1. The number of pyridine rings is 1. The highest BCUT2D eigenvalue weighted by atomic mass is 16.5. The normalized spacial score (nSPS) is 13.2. The standard InChI is InChI=1S/C18H19N3O3/c1-24-15-8-9-19-16(11-15)18(23)21-14-4-2-12(3-5-14)10-17(22)20-13-6-7-13/h2-5,8-9,11,13H,6-7,10H2,1H3,(H,20,22)(H,21,23). The van der Waals surface area contributed by atoms with E-state index < -0.39 is 0 Å². The van der Waals surface area contributed by atoms with E-state index >= 15 is 0 Å². The minimum absolute atomic E-state index is 0.0369. The van der Waals surface area contributed by atoms with Gasteiger partial charge in [-0.15, -0.1) is 0 Å². The number of anilines is 1. The number of carbonyl (C=O) groups is 2. The van der Waals surface area contributed by atoms with E-state index in [1.54, 1.807) is 24.3 Å². The molecule has 24 heavy (non-hydrogen) atoms. The van der Waals surface area contributed by atoms with Crippen LogP contribution in [0.5, 0.6) is 5.75 Å². The monoisotopic (exact) mass is 325 g/mol. The molecule has 1 heterocycles. The van der Waals surface area contributed by atoms with E-state index in [9.17, 15) is 9.59 Å². The van der Waals surface area contributed by atoms with E-state index in [0.717, 1.165) is 18.4 Å². The molecule has 0 aliphatic heterocycles. The van der Waals surface area contributed by atoms with E-state index in [1.807, 2.05) is 12.1 Å². The van der Waals surface area contributed by atoms with Gasteiger partial charge in [0.2, 0.25) is 5.91 Å². The molecule has 1 aromatic heterocycles. The summed E-state index contributed by atoms with van der Waals surface area (Å²) in [6.45, 7) is 0. The molecule has 0 spiro atoms. The first kappa shape index (κ1) is 16.0. The average Bonchev–Trinajstić information content (AvgIpc) is 3.40. The largest absolute Gasteiger partial charge is 0.497 e. The number of nitrogens with one attached hydrogen (secondary N) is 2. The van der Waals surface area contributed by atoms with E-state index in [2.05, 4.69) is 15.6 Å². The average molecular weight is 325 g/mol. The van der Waals surface area contributed by atoms with Gasteiger partial charge < -0.3 is 15.4 Å². The highest BCUT2D eigenvalue weighted by molar-refractivity contribution is 6.03. The molecular formula is C18H19N3O3. The lowest BCUT2D eigenvalue weighted by Gasteiger charge is -2.07. The van der Waals surface area contributed by atoms with Crippen molar-refractivity contribution in [3.8, 4) is 5.75 Å². The minimum atomic E-state index is -0.312. The van der Waals surface area contributed by atoms with Crippen LogP contribution >= 0.6 is 0 Å². The highest BCUT2D eigenvalue weighted by Crippen LogP contribution is 2.19. The van der Waals surface area contributed by atoms with Crippen molar-refractivity contribution in [2.45, 2.75) is 25.3 Å². The van der Waals surface area contributed by atoms with Crippen LogP contribution in [0.1, 0.15) is 28.9 Å². The molecular weight excluding hydrogens is 306 g/mol. The molecule has 1 aromatic carbocycles. The fraction of sp³-hybridized carbons (Fsp3) is 0.278. The Hall–Kier alpha value is -2.89. The summed E-state index contributed by atoms with van der Waals surface area (Å²) in [5, 5.41) is 5.73. The second kappa shape index (κ2) is 7.12. The Morgan fingerprint density at radius 2 is 1.96 bits per heavy atom. The van der Waals surface area contributed by atoms with Crippen molar-refractivity contribution in [3.05, 3.63) is 53.9 Å². The maximum absolute atomic E-state index is 12.2. The van der Waals surface area contributed by atoms with Crippen LogP contribution in [-0.4, -0.2) is 29.9 Å². The fourth-order valence-corrected chi connectivity index (χ4v) is 2.26. The number of ether oxygens (including phenoxy) is 1. The Bertz CT molecular complexity index is 739. The molecule has 0 radical (unpaired) electrons. The topological polar surface area (TPSA) is 80.3 Å². The molecule has 124 valence electrons. The van der Waals surface area contributed by atoms with Crippen molar-refractivity contribution in [1.29, 1.82) is 0 Å². The Morgan fingerprint density at radius 3 is 2.62 bits per heavy atom. The van der Waals surface area contributed by atoms with E-state index in [1.165, 1.54) is 13.3 Å².